The van der Waals surface area contributed by atoms with Crippen molar-refractivity contribution in [2.75, 3.05) is 51.8 Å². The molecule has 1 N–H and O–H groups in total. The number of rotatable bonds is 2. The Morgan fingerprint density at radius 2 is 1.86 bits per heavy atom. The van der Waals surface area contributed by atoms with Gasteiger partial charge in [-0.25, -0.2) is 17.9 Å². The van der Waals surface area contributed by atoms with Gasteiger partial charge in [-0.05, 0) is 106 Å². The van der Waals surface area contributed by atoms with Crippen LogP contribution >= 0.6 is 11.6 Å². The number of nitrogens with one attached hydrogen (secondary N) is 1. The molecule has 2 amide bonds. The smallest absolute Gasteiger partial charge is 0.410 e. The molecule has 0 radical (unpaired) electrons. The second-order valence-corrected chi connectivity index (χ2v) is 16.3. The Balaban J connectivity index is 1.37. The average Bonchev–Trinajstić information content (AvgIpc) is 3.05. The first-order valence-electron chi connectivity index (χ1n) is 17.1. The number of sulfonamides is 1. The summed E-state index contributed by atoms with van der Waals surface area (Å²) in [5, 5.41) is 0.679. The highest BCUT2D eigenvalue weighted by Gasteiger charge is 2.42. The first kappa shape index (κ1) is 35.5. The van der Waals surface area contributed by atoms with Gasteiger partial charge in [0.25, 0.3) is 15.9 Å². The van der Waals surface area contributed by atoms with Crippen molar-refractivity contribution >= 4 is 39.3 Å². The van der Waals surface area contributed by atoms with Gasteiger partial charge in [0.05, 0.1) is 35.3 Å². The monoisotopic (exact) mass is 714 g/mol. The van der Waals surface area contributed by atoms with E-state index in [0.29, 0.717) is 55.8 Å². The summed E-state index contributed by atoms with van der Waals surface area (Å²) >= 11 is 6.35. The van der Waals surface area contributed by atoms with Crippen molar-refractivity contribution in [3.05, 3.63) is 64.7 Å². The lowest BCUT2D eigenvalue weighted by molar-refractivity contribution is -0.128. The van der Waals surface area contributed by atoms with Crippen LogP contribution in [0.3, 0.4) is 0 Å². The van der Waals surface area contributed by atoms with Gasteiger partial charge >= 0.3 is 6.09 Å². The molecule has 13 heteroatoms. The molecule has 2 bridgehead atoms. The number of amides is 2. The summed E-state index contributed by atoms with van der Waals surface area (Å²) in [6.07, 6.45) is 7.46. The Morgan fingerprint density at radius 1 is 1.06 bits per heavy atom. The van der Waals surface area contributed by atoms with E-state index in [1.165, 1.54) is 6.07 Å². The minimum atomic E-state index is -4.21. The number of hydrogen-bond acceptors (Lipinski definition) is 9. The molecule has 1 saturated carbocycles. The molecule has 3 atom stereocenters. The lowest BCUT2D eigenvalue weighted by Gasteiger charge is -2.45. The van der Waals surface area contributed by atoms with Gasteiger partial charge in [-0.1, -0.05) is 23.7 Å². The lowest BCUT2D eigenvalue weighted by atomic mass is 9.70. The highest BCUT2D eigenvalue weighted by molar-refractivity contribution is 7.90. The van der Waals surface area contributed by atoms with E-state index in [1.54, 1.807) is 49.9 Å². The Kier molecular flexibility index (Phi) is 10.5. The second kappa shape index (κ2) is 14.5. The standard InChI is InChI=1S/C36H47ClN4O7S/c1-36(2)34(42)38-49(44,45)29-13-15-33-31(19-29)40(17-6-5-8-24-18-27(37)12-10-26(24)23-47-33)20-25-11-14-30(25)32(9-7-16-39(36)3)48-35(43)41-21-28(22-41)46-4/h7,9-10,12-13,15,18-19,25,28,30,32H,5-6,8,11,14,16-17,20-23H2,1-4H3,(H,38,42)/b9-7+/t25-,30+,32-/m0/s1. The van der Waals surface area contributed by atoms with E-state index < -0.39 is 27.6 Å². The van der Waals surface area contributed by atoms with Crippen LogP contribution in [0.1, 0.15) is 50.7 Å². The molecule has 0 spiro atoms. The summed E-state index contributed by atoms with van der Waals surface area (Å²) in [5.41, 5.74) is 1.65. The third kappa shape index (κ3) is 7.72. The number of fused-ring (bicyclic) bond motifs is 3. The van der Waals surface area contributed by atoms with Crippen LogP contribution in [0.2, 0.25) is 5.02 Å². The highest BCUT2D eigenvalue weighted by atomic mass is 35.5. The normalized spacial score (nSPS) is 26.7. The largest absolute Gasteiger partial charge is 0.487 e. The Hall–Kier alpha value is -3.32. The van der Waals surface area contributed by atoms with Crippen molar-refractivity contribution in [2.24, 2.45) is 11.8 Å². The van der Waals surface area contributed by atoms with Crippen molar-refractivity contribution in [2.45, 2.75) is 75.2 Å². The maximum Gasteiger partial charge on any atom is 0.410 e. The fraction of sp³-hybridized carbons (Fsp3) is 0.556. The Bertz CT molecular complexity index is 1690. The molecule has 266 valence electrons. The van der Waals surface area contributed by atoms with E-state index in [0.717, 1.165) is 43.2 Å². The topological polar surface area (TPSA) is 118 Å². The predicted octanol–water partition coefficient (Wildman–Crippen LogP) is 5.01. The van der Waals surface area contributed by atoms with Crippen LogP contribution in [0.25, 0.3) is 0 Å². The molecule has 4 aliphatic rings. The number of benzene rings is 2. The molecule has 2 fully saturated rings. The highest BCUT2D eigenvalue weighted by Crippen LogP contribution is 2.42. The van der Waals surface area contributed by atoms with Crippen molar-refractivity contribution < 1.29 is 32.2 Å². The summed E-state index contributed by atoms with van der Waals surface area (Å²) in [6.45, 7) is 6.29. The number of anilines is 1. The quantitative estimate of drug-likeness (QED) is 0.429. The zero-order chi connectivity index (χ0) is 34.9. The van der Waals surface area contributed by atoms with Gasteiger partial charge in [-0.15, -0.1) is 0 Å². The van der Waals surface area contributed by atoms with Crippen LogP contribution in [0.15, 0.2) is 53.4 Å². The van der Waals surface area contributed by atoms with Crippen LogP contribution in [0, 0.1) is 11.8 Å². The summed E-state index contributed by atoms with van der Waals surface area (Å²) in [6, 6.07) is 10.6. The maximum atomic E-state index is 13.7. The summed E-state index contributed by atoms with van der Waals surface area (Å²) in [7, 11) is -0.806. The average molecular weight is 715 g/mol. The molecule has 0 unspecified atom stereocenters. The molecule has 3 aliphatic heterocycles. The molecule has 2 aromatic carbocycles. The first-order chi connectivity index (χ1) is 23.4. The number of methoxy groups -OCH3 is 1. The number of aryl methyl sites for hydroxylation is 1. The van der Waals surface area contributed by atoms with Crippen LogP contribution in [0.4, 0.5) is 10.5 Å². The molecule has 0 aromatic heterocycles. The third-order valence-corrected chi connectivity index (χ3v) is 12.3. The van der Waals surface area contributed by atoms with Crippen molar-refractivity contribution in [1.82, 2.24) is 14.5 Å². The Labute approximate surface area is 294 Å². The van der Waals surface area contributed by atoms with Crippen molar-refractivity contribution in [3.8, 4) is 5.75 Å². The summed E-state index contributed by atoms with van der Waals surface area (Å²) in [5.74, 6) is 0.151. The van der Waals surface area contributed by atoms with Gasteiger partial charge < -0.3 is 24.0 Å². The number of carbonyl (C=O) groups excluding carboxylic acids is 2. The zero-order valence-electron chi connectivity index (χ0n) is 28.7. The summed E-state index contributed by atoms with van der Waals surface area (Å²) < 4.78 is 47.7. The molecule has 6 rings (SSSR count). The number of hydrogen-bond donors (Lipinski definition) is 1. The van der Waals surface area contributed by atoms with Gasteiger partial charge in [0, 0.05) is 37.7 Å². The van der Waals surface area contributed by atoms with Crippen LogP contribution in [0.5, 0.6) is 5.75 Å². The van der Waals surface area contributed by atoms with Gasteiger partial charge in [0.1, 0.15) is 18.5 Å². The van der Waals surface area contributed by atoms with Crippen LogP contribution in [-0.2, 0) is 37.3 Å². The van der Waals surface area contributed by atoms with Gasteiger partial charge in [0.2, 0.25) is 0 Å². The number of likely N-dealkylation sites (tertiary alicyclic amines) is 1. The molecule has 2 aromatic rings. The number of likely N-dealkylation sites (N-methyl/N-ethyl adjacent to an activating group) is 1. The van der Waals surface area contributed by atoms with E-state index in [2.05, 4.69) is 9.62 Å². The molecular weight excluding hydrogens is 668 g/mol. The minimum absolute atomic E-state index is 0.0124. The second-order valence-electron chi connectivity index (χ2n) is 14.1. The fourth-order valence-corrected chi connectivity index (χ4v) is 8.20. The summed E-state index contributed by atoms with van der Waals surface area (Å²) in [4.78, 5) is 32.3. The predicted molar refractivity (Wildman–Crippen MR) is 187 cm³/mol. The van der Waals surface area contributed by atoms with Gasteiger partial charge in [0.15, 0.2) is 0 Å². The minimum Gasteiger partial charge on any atom is -0.487 e. The number of nitrogens with zero attached hydrogens (tertiary/aromatic N) is 3. The molecule has 1 aliphatic carbocycles. The molecule has 1 saturated heterocycles. The van der Waals surface area contributed by atoms with Crippen molar-refractivity contribution in [1.29, 1.82) is 0 Å². The maximum absolute atomic E-state index is 13.7. The van der Waals surface area contributed by atoms with Crippen molar-refractivity contribution in [3.63, 3.8) is 0 Å². The first-order valence-corrected chi connectivity index (χ1v) is 18.9. The molecular formula is C36H47ClN4O7S. The van der Waals surface area contributed by atoms with E-state index in [9.17, 15) is 18.0 Å². The molecule has 11 nitrogen and oxygen atoms in total. The van der Waals surface area contributed by atoms with E-state index in [4.69, 9.17) is 25.8 Å². The van der Waals surface area contributed by atoms with E-state index in [1.807, 2.05) is 30.4 Å². The Morgan fingerprint density at radius 3 is 2.59 bits per heavy atom. The molecule has 49 heavy (non-hydrogen) atoms. The lowest BCUT2D eigenvalue weighted by Crippen LogP contribution is -2.56. The van der Waals surface area contributed by atoms with Gasteiger partial charge in [-0.3, -0.25) is 9.69 Å². The number of carbonyl (C=O) groups is 2. The van der Waals surface area contributed by atoms with Gasteiger partial charge in [-0.2, -0.15) is 0 Å². The molecule has 3 heterocycles. The van der Waals surface area contributed by atoms with Crippen LogP contribution in [-0.4, -0.2) is 94.8 Å². The van der Waals surface area contributed by atoms with E-state index >= 15 is 0 Å². The van der Waals surface area contributed by atoms with E-state index in [-0.39, 0.29) is 28.9 Å². The SMILES string of the molecule is COC1CN(C(=O)O[C@H]2/C=C/CN(C)C(C)(C)C(=O)NS(=O)(=O)c3ccc4c(c3)N(CCCCc3cc(Cl)ccc3CO4)C[C@@H]3CC[C@H]32)C1. The fourth-order valence-electron chi connectivity index (χ4n) is 6.88. The van der Waals surface area contributed by atoms with Crippen LogP contribution < -0.4 is 14.4 Å². The number of halogens is 1. The third-order valence-electron chi connectivity index (χ3n) is 10.7. The number of ether oxygens (including phenoxy) is 3. The zero-order valence-corrected chi connectivity index (χ0v) is 30.3.